The van der Waals surface area contributed by atoms with E-state index in [1.165, 1.54) is 0 Å². The normalized spacial score (nSPS) is 11.2. The molecular formula is C24H13BrClNO2. The summed E-state index contributed by atoms with van der Waals surface area (Å²) in [7, 11) is 0. The summed E-state index contributed by atoms with van der Waals surface area (Å²) in [5.41, 5.74) is 3.88. The van der Waals surface area contributed by atoms with Gasteiger partial charge in [0.25, 0.3) is 0 Å². The first-order valence-corrected chi connectivity index (χ1v) is 10.2. The van der Waals surface area contributed by atoms with Crippen LogP contribution >= 0.6 is 27.5 Å². The second-order valence-corrected chi connectivity index (χ2v) is 8.03. The maximum Gasteiger partial charge on any atom is 0.363 e. The fourth-order valence-electron chi connectivity index (χ4n) is 3.51. The van der Waals surface area contributed by atoms with Crippen molar-refractivity contribution in [1.29, 1.82) is 0 Å². The van der Waals surface area contributed by atoms with Crippen LogP contribution in [0.1, 0.15) is 0 Å². The van der Waals surface area contributed by atoms with Gasteiger partial charge in [0.1, 0.15) is 5.58 Å². The SMILES string of the molecule is O=c1oc2ccc(Br)cc2c2c(-c3ccccc3)cc(-c3ccc(Cl)cc3)nc12. The molecule has 2 aromatic heterocycles. The second kappa shape index (κ2) is 7.14. The van der Waals surface area contributed by atoms with Crippen LogP contribution in [0.5, 0.6) is 0 Å². The third kappa shape index (κ3) is 3.24. The van der Waals surface area contributed by atoms with E-state index in [4.69, 9.17) is 16.0 Å². The van der Waals surface area contributed by atoms with Crippen LogP contribution in [0.3, 0.4) is 0 Å². The Morgan fingerprint density at radius 3 is 2.38 bits per heavy atom. The molecule has 0 atom stereocenters. The zero-order valence-corrected chi connectivity index (χ0v) is 17.4. The van der Waals surface area contributed by atoms with Crippen molar-refractivity contribution in [1.82, 2.24) is 4.98 Å². The van der Waals surface area contributed by atoms with E-state index >= 15 is 0 Å². The molecular weight excluding hydrogens is 450 g/mol. The summed E-state index contributed by atoms with van der Waals surface area (Å²) in [6.45, 7) is 0. The molecule has 5 heteroatoms. The molecule has 29 heavy (non-hydrogen) atoms. The second-order valence-electron chi connectivity index (χ2n) is 6.68. The van der Waals surface area contributed by atoms with Crippen LogP contribution in [0.15, 0.2) is 92.5 Å². The van der Waals surface area contributed by atoms with Crippen molar-refractivity contribution in [3.8, 4) is 22.4 Å². The van der Waals surface area contributed by atoms with Gasteiger partial charge in [-0.1, -0.05) is 70.0 Å². The minimum absolute atomic E-state index is 0.307. The summed E-state index contributed by atoms with van der Waals surface area (Å²) in [5.74, 6) is 0. The predicted molar refractivity (Wildman–Crippen MR) is 121 cm³/mol. The number of rotatable bonds is 2. The van der Waals surface area contributed by atoms with Gasteiger partial charge in [-0.05, 0) is 47.5 Å². The molecule has 0 unspecified atom stereocenters. The maximum atomic E-state index is 12.8. The lowest BCUT2D eigenvalue weighted by atomic mass is 9.97. The van der Waals surface area contributed by atoms with E-state index in [0.29, 0.717) is 21.8 Å². The third-order valence-electron chi connectivity index (χ3n) is 4.85. The molecule has 0 aliphatic heterocycles. The van der Waals surface area contributed by atoms with Crippen molar-refractivity contribution < 1.29 is 4.42 Å². The molecule has 0 fully saturated rings. The number of nitrogens with zero attached hydrogens (tertiary/aromatic N) is 1. The highest BCUT2D eigenvalue weighted by atomic mass is 79.9. The molecule has 0 amide bonds. The molecule has 0 saturated heterocycles. The first kappa shape index (κ1) is 18.1. The lowest BCUT2D eigenvalue weighted by Gasteiger charge is -2.12. The molecule has 5 aromatic rings. The van der Waals surface area contributed by atoms with Crippen LogP contribution in [-0.4, -0.2) is 4.98 Å². The standard InChI is InChI=1S/C24H13BrClNO2/c25-16-8-11-21-19(12-16)22-18(14-4-2-1-3-5-14)13-20(27-23(22)24(28)29-21)15-6-9-17(26)10-7-15/h1-13H. The number of halogens is 2. The molecule has 3 aromatic carbocycles. The van der Waals surface area contributed by atoms with E-state index in [0.717, 1.165) is 31.9 Å². The Kier molecular flexibility index (Phi) is 4.46. The molecule has 0 spiro atoms. The Hall–Kier alpha value is -2.95. The van der Waals surface area contributed by atoms with E-state index in [9.17, 15) is 4.79 Å². The minimum atomic E-state index is -0.456. The fraction of sp³-hybridized carbons (Fsp3) is 0. The Labute approximate surface area is 179 Å². The zero-order valence-electron chi connectivity index (χ0n) is 15.0. The first-order valence-electron chi connectivity index (χ1n) is 8.98. The summed E-state index contributed by atoms with van der Waals surface area (Å²) < 4.78 is 6.47. The van der Waals surface area contributed by atoms with Crippen molar-refractivity contribution in [2.75, 3.05) is 0 Å². The fourth-order valence-corrected chi connectivity index (χ4v) is 4.00. The van der Waals surface area contributed by atoms with Crippen LogP contribution in [-0.2, 0) is 0 Å². The van der Waals surface area contributed by atoms with Crippen molar-refractivity contribution in [2.45, 2.75) is 0 Å². The molecule has 140 valence electrons. The molecule has 5 rings (SSSR count). The van der Waals surface area contributed by atoms with Gasteiger partial charge in [0, 0.05) is 25.8 Å². The van der Waals surface area contributed by atoms with Crippen LogP contribution in [0.4, 0.5) is 0 Å². The van der Waals surface area contributed by atoms with E-state index in [2.05, 4.69) is 20.9 Å². The molecule has 0 saturated carbocycles. The van der Waals surface area contributed by atoms with Crippen LogP contribution < -0.4 is 5.63 Å². The number of fused-ring (bicyclic) bond motifs is 3. The number of hydrogen-bond donors (Lipinski definition) is 0. The molecule has 0 aliphatic carbocycles. The van der Waals surface area contributed by atoms with Crippen molar-refractivity contribution in [3.63, 3.8) is 0 Å². The highest BCUT2D eigenvalue weighted by Crippen LogP contribution is 2.36. The number of benzene rings is 3. The predicted octanol–water partition coefficient (Wildman–Crippen LogP) is 7.09. The van der Waals surface area contributed by atoms with E-state index < -0.39 is 5.63 Å². The van der Waals surface area contributed by atoms with Crippen molar-refractivity contribution >= 4 is 49.4 Å². The third-order valence-corrected chi connectivity index (χ3v) is 5.60. The van der Waals surface area contributed by atoms with Gasteiger partial charge in [-0.15, -0.1) is 0 Å². The van der Waals surface area contributed by atoms with Gasteiger partial charge in [-0.2, -0.15) is 0 Å². The Balaban J connectivity index is 1.95. The van der Waals surface area contributed by atoms with Crippen molar-refractivity contribution in [2.24, 2.45) is 0 Å². The molecule has 0 N–H and O–H groups in total. The summed E-state index contributed by atoms with van der Waals surface area (Å²) in [4.78, 5) is 17.5. The molecule has 3 nitrogen and oxygen atoms in total. The monoisotopic (exact) mass is 461 g/mol. The first-order chi connectivity index (χ1) is 14.1. The minimum Gasteiger partial charge on any atom is -0.421 e. The summed E-state index contributed by atoms with van der Waals surface area (Å²) in [6, 6.07) is 25.0. The topological polar surface area (TPSA) is 43.1 Å². The van der Waals surface area contributed by atoms with Crippen LogP contribution in [0.25, 0.3) is 44.3 Å². The van der Waals surface area contributed by atoms with Crippen LogP contribution in [0, 0.1) is 0 Å². The van der Waals surface area contributed by atoms with Gasteiger partial charge in [-0.3, -0.25) is 0 Å². The Morgan fingerprint density at radius 2 is 1.62 bits per heavy atom. The van der Waals surface area contributed by atoms with E-state index in [-0.39, 0.29) is 0 Å². The van der Waals surface area contributed by atoms with Crippen LogP contribution in [0.2, 0.25) is 5.02 Å². The molecule has 2 heterocycles. The molecule has 0 aliphatic rings. The highest BCUT2D eigenvalue weighted by Gasteiger charge is 2.17. The lowest BCUT2D eigenvalue weighted by Crippen LogP contribution is -2.04. The largest absolute Gasteiger partial charge is 0.421 e. The van der Waals surface area contributed by atoms with E-state index in [1.807, 2.05) is 72.8 Å². The summed E-state index contributed by atoms with van der Waals surface area (Å²) in [6.07, 6.45) is 0. The average Bonchev–Trinajstić information content (AvgIpc) is 2.75. The lowest BCUT2D eigenvalue weighted by molar-refractivity contribution is 0.568. The van der Waals surface area contributed by atoms with Gasteiger partial charge < -0.3 is 4.42 Å². The van der Waals surface area contributed by atoms with Gasteiger partial charge >= 0.3 is 5.63 Å². The molecule has 0 radical (unpaired) electrons. The van der Waals surface area contributed by atoms with Gasteiger partial charge in [0.05, 0.1) is 5.69 Å². The zero-order chi connectivity index (χ0) is 20.0. The Morgan fingerprint density at radius 1 is 0.862 bits per heavy atom. The van der Waals surface area contributed by atoms with Gasteiger partial charge in [0.15, 0.2) is 5.52 Å². The Bertz CT molecular complexity index is 1430. The van der Waals surface area contributed by atoms with Gasteiger partial charge in [-0.25, -0.2) is 9.78 Å². The number of aromatic nitrogens is 1. The average molecular weight is 463 g/mol. The molecule has 0 bridgehead atoms. The van der Waals surface area contributed by atoms with E-state index in [1.54, 1.807) is 6.07 Å². The smallest absolute Gasteiger partial charge is 0.363 e. The quantitative estimate of drug-likeness (QED) is 0.208. The maximum absolute atomic E-state index is 12.8. The summed E-state index contributed by atoms with van der Waals surface area (Å²) in [5, 5.41) is 2.26. The summed E-state index contributed by atoms with van der Waals surface area (Å²) >= 11 is 9.56. The number of hydrogen-bond acceptors (Lipinski definition) is 3. The van der Waals surface area contributed by atoms with Gasteiger partial charge in [0.2, 0.25) is 0 Å². The number of pyridine rings is 1. The van der Waals surface area contributed by atoms with Crippen molar-refractivity contribution in [3.05, 3.63) is 98.8 Å². The highest BCUT2D eigenvalue weighted by molar-refractivity contribution is 9.10.